The molecule has 4 nitrogen and oxygen atoms in total. The van der Waals surface area contributed by atoms with E-state index in [0.717, 1.165) is 42.1 Å². The van der Waals surface area contributed by atoms with Gasteiger partial charge in [-0.05, 0) is 55.8 Å². The Bertz CT molecular complexity index is 893. The van der Waals surface area contributed by atoms with Crippen LogP contribution >= 0.6 is 35.0 Å². The Kier molecular flexibility index (Phi) is 6.30. The number of carbonyl (C=O) groups is 1. The van der Waals surface area contributed by atoms with E-state index in [0.29, 0.717) is 28.9 Å². The second-order valence-electron chi connectivity index (χ2n) is 7.70. The summed E-state index contributed by atoms with van der Waals surface area (Å²) in [6.07, 6.45) is 2.21. The Balaban J connectivity index is 1.41. The van der Waals surface area contributed by atoms with Crippen LogP contribution < -0.4 is 4.74 Å². The lowest BCUT2D eigenvalue weighted by molar-refractivity contribution is -0.137. The zero-order chi connectivity index (χ0) is 20.4. The van der Waals surface area contributed by atoms with E-state index < -0.39 is 5.97 Å². The molecule has 0 radical (unpaired) electrons. The predicted molar refractivity (Wildman–Crippen MR) is 118 cm³/mol. The molecule has 1 saturated heterocycles. The van der Waals surface area contributed by atoms with Crippen molar-refractivity contribution in [2.75, 3.05) is 26.2 Å². The van der Waals surface area contributed by atoms with E-state index in [9.17, 15) is 4.79 Å². The summed E-state index contributed by atoms with van der Waals surface area (Å²) in [6, 6.07) is 12.1. The molecule has 2 aromatic rings. The molecule has 2 aromatic carbocycles. The van der Waals surface area contributed by atoms with Crippen LogP contribution in [-0.2, 0) is 16.0 Å². The number of likely N-dealkylation sites (tertiary alicyclic amines) is 1. The van der Waals surface area contributed by atoms with Crippen LogP contribution in [0.4, 0.5) is 0 Å². The van der Waals surface area contributed by atoms with Gasteiger partial charge >= 0.3 is 5.97 Å². The first-order valence-electron chi connectivity index (χ1n) is 9.74. The van der Waals surface area contributed by atoms with Gasteiger partial charge in [0.05, 0.1) is 13.0 Å². The first-order chi connectivity index (χ1) is 14.0. The minimum absolute atomic E-state index is 0.0598. The lowest BCUT2D eigenvalue weighted by Gasteiger charge is -2.38. The molecule has 154 valence electrons. The van der Waals surface area contributed by atoms with Crippen LogP contribution in [0.3, 0.4) is 0 Å². The van der Waals surface area contributed by atoms with Crippen molar-refractivity contribution < 1.29 is 14.6 Å². The molecule has 0 aromatic heterocycles. The van der Waals surface area contributed by atoms with Gasteiger partial charge in [0.15, 0.2) is 0 Å². The van der Waals surface area contributed by atoms with E-state index in [-0.39, 0.29) is 11.8 Å². The number of piperidine rings is 1. The molecule has 29 heavy (non-hydrogen) atoms. The summed E-state index contributed by atoms with van der Waals surface area (Å²) in [5.74, 6) is 0.947. The molecule has 0 amide bonds. The third-order valence-corrected chi connectivity index (χ3v) is 7.66. The monoisotopic (exact) mass is 451 g/mol. The summed E-state index contributed by atoms with van der Waals surface area (Å²) in [5.41, 5.74) is 2.30. The second kappa shape index (κ2) is 8.76. The number of hydrogen-bond acceptors (Lipinski definition) is 4. The van der Waals surface area contributed by atoms with Crippen LogP contribution in [0.5, 0.6) is 5.75 Å². The number of hydrogen-bond donors (Lipinski definition) is 1. The van der Waals surface area contributed by atoms with Crippen molar-refractivity contribution in [1.29, 1.82) is 0 Å². The van der Waals surface area contributed by atoms with Gasteiger partial charge < -0.3 is 14.7 Å². The molecule has 2 heterocycles. The van der Waals surface area contributed by atoms with Gasteiger partial charge in [0, 0.05) is 38.2 Å². The quantitative estimate of drug-likeness (QED) is 0.588. The molecular formula is C22H23Cl2NO3S. The third kappa shape index (κ3) is 4.53. The molecule has 1 spiro atoms. The molecule has 1 N–H and O–H groups in total. The van der Waals surface area contributed by atoms with Gasteiger partial charge in [-0.1, -0.05) is 35.3 Å². The Morgan fingerprint density at radius 3 is 2.59 bits per heavy atom. The summed E-state index contributed by atoms with van der Waals surface area (Å²) < 4.78 is 6.09. The van der Waals surface area contributed by atoms with Crippen molar-refractivity contribution in [2.45, 2.75) is 35.3 Å². The zero-order valence-corrected chi connectivity index (χ0v) is 18.3. The second-order valence-corrected chi connectivity index (χ2v) is 9.56. The van der Waals surface area contributed by atoms with Crippen molar-refractivity contribution in [3.8, 4) is 5.75 Å². The standard InChI is InChI=1S/C22H23Cl2NO3S/c23-18-2-1-3-19(24)16(18)13-29-15-4-5-17-20(12-15)28-14-22(17)7-10-25(11-8-22)9-6-21(26)27/h1-5,12H,6-11,13-14H2,(H,26,27). The first-order valence-corrected chi connectivity index (χ1v) is 11.5. The van der Waals surface area contributed by atoms with Gasteiger partial charge in [-0.3, -0.25) is 4.79 Å². The molecule has 2 aliphatic heterocycles. The van der Waals surface area contributed by atoms with Crippen molar-refractivity contribution >= 4 is 40.9 Å². The fourth-order valence-corrected chi connectivity index (χ4v) is 5.81. The maximum atomic E-state index is 10.8. The predicted octanol–water partition coefficient (Wildman–Crippen LogP) is 5.49. The van der Waals surface area contributed by atoms with Gasteiger partial charge in [-0.25, -0.2) is 0 Å². The van der Waals surface area contributed by atoms with E-state index in [4.69, 9.17) is 33.0 Å². The summed E-state index contributed by atoms with van der Waals surface area (Å²) in [5, 5.41) is 10.3. The Morgan fingerprint density at radius 1 is 1.17 bits per heavy atom. The Labute approximate surface area is 185 Å². The first kappa shape index (κ1) is 20.9. The molecule has 1 fully saturated rings. The van der Waals surface area contributed by atoms with Crippen molar-refractivity contribution in [3.05, 3.63) is 57.6 Å². The highest BCUT2D eigenvalue weighted by Gasteiger charge is 2.43. The van der Waals surface area contributed by atoms with Gasteiger partial charge in [0.1, 0.15) is 5.75 Å². The van der Waals surface area contributed by atoms with E-state index in [1.807, 2.05) is 18.2 Å². The molecule has 0 saturated carbocycles. The largest absolute Gasteiger partial charge is 0.492 e. The number of carboxylic acids is 1. The van der Waals surface area contributed by atoms with Crippen molar-refractivity contribution in [3.63, 3.8) is 0 Å². The molecule has 0 bridgehead atoms. The number of carboxylic acid groups (broad SMARTS) is 1. The Morgan fingerprint density at radius 2 is 1.90 bits per heavy atom. The minimum Gasteiger partial charge on any atom is -0.492 e. The lowest BCUT2D eigenvalue weighted by Crippen LogP contribution is -2.44. The fraction of sp³-hybridized carbons (Fsp3) is 0.409. The number of benzene rings is 2. The SMILES string of the molecule is O=C(O)CCN1CCC2(CC1)COc1cc(SCc3c(Cl)cccc3Cl)ccc12. The molecule has 0 atom stereocenters. The van der Waals surface area contributed by atoms with Crippen molar-refractivity contribution in [1.82, 2.24) is 4.90 Å². The van der Waals surface area contributed by atoms with Crippen LogP contribution in [-0.4, -0.2) is 42.2 Å². The van der Waals surface area contributed by atoms with Crippen LogP contribution in [0, 0.1) is 0 Å². The molecule has 0 aliphatic carbocycles. The number of rotatable bonds is 6. The van der Waals surface area contributed by atoms with Crippen LogP contribution in [0.25, 0.3) is 0 Å². The molecule has 0 unspecified atom stereocenters. The molecule has 7 heteroatoms. The van der Waals surface area contributed by atoms with Crippen molar-refractivity contribution in [2.24, 2.45) is 0 Å². The summed E-state index contributed by atoms with van der Waals surface area (Å²) in [4.78, 5) is 14.2. The maximum Gasteiger partial charge on any atom is 0.304 e. The fourth-order valence-electron chi connectivity index (χ4n) is 4.14. The number of thioether (sulfide) groups is 1. The van der Waals surface area contributed by atoms with Crippen LogP contribution in [0.15, 0.2) is 41.3 Å². The van der Waals surface area contributed by atoms with Gasteiger partial charge in [0.25, 0.3) is 0 Å². The third-order valence-electron chi connectivity index (χ3n) is 5.93. The highest BCUT2D eigenvalue weighted by Crippen LogP contribution is 2.47. The van der Waals surface area contributed by atoms with E-state index in [2.05, 4.69) is 23.1 Å². The average molecular weight is 452 g/mol. The van der Waals surface area contributed by atoms with Gasteiger partial charge in [-0.2, -0.15) is 0 Å². The molecular weight excluding hydrogens is 429 g/mol. The molecule has 2 aliphatic rings. The lowest BCUT2D eigenvalue weighted by atomic mass is 9.74. The number of fused-ring (bicyclic) bond motifs is 2. The topological polar surface area (TPSA) is 49.8 Å². The summed E-state index contributed by atoms with van der Waals surface area (Å²) in [7, 11) is 0. The molecule has 4 rings (SSSR count). The van der Waals surface area contributed by atoms with E-state index in [1.165, 1.54) is 5.56 Å². The van der Waals surface area contributed by atoms with Gasteiger partial charge in [0.2, 0.25) is 0 Å². The minimum atomic E-state index is -0.733. The van der Waals surface area contributed by atoms with Crippen LogP contribution in [0.1, 0.15) is 30.4 Å². The van der Waals surface area contributed by atoms with E-state index in [1.54, 1.807) is 11.8 Å². The maximum absolute atomic E-state index is 10.8. The average Bonchev–Trinajstić information content (AvgIpc) is 3.05. The number of nitrogens with zero attached hydrogens (tertiary/aromatic N) is 1. The highest BCUT2D eigenvalue weighted by atomic mass is 35.5. The van der Waals surface area contributed by atoms with E-state index >= 15 is 0 Å². The number of ether oxygens (including phenoxy) is 1. The van der Waals surface area contributed by atoms with Crippen LogP contribution in [0.2, 0.25) is 10.0 Å². The van der Waals surface area contributed by atoms with Gasteiger partial charge in [-0.15, -0.1) is 11.8 Å². The summed E-state index contributed by atoms with van der Waals surface area (Å²) >= 11 is 14.3. The smallest absolute Gasteiger partial charge is 0.304 e. The number of aliphatic carboxylic acids is 1. The Hall–Kier alpha value is -1.40. The normalized spacial score (nSPS) is 17.9. The zero-order valence-electron chi connectivity index (χ0n) is 16.0. The summed E-state index contributed by atoms with van der Waals surface area (Å²) in [6.45, 7) is 3.16. The highest BCUT2D eigenvalue weighted by molar-refractivity contribution is 7.98. The number of halogens is 2.